The number of fused-ring (bicyclic) bond motifs is 1. The maximum absolute atomic E-state index is 12.7. The zero-order chi connectivity index (χ0) is 19.7. The van der Waals surface area contributed by atoms with Crippen LogP contribution in [0.15, 0.2) is 35.1 Å². The number of phenolic OH excluding ortho intramolecular Hbond substituents is 1. The number of halogens is 1. The van der Waals surface area contributed by atoms with Crippen LogP contribution in [0.3, 0.4) is 0 Å². The van der Waals surface area contributed by atoms with Crippen LogP contribution in [0, 0.1) is 3.57 Å². The molecule has 0 atom stereocenters. The smallest absolute Gasteiger partial charge is 0.264 e. The molecule has 1 aromatic heterocycles. The number of aromatic nitrogens is 1. The molecule has 7 heteroatoms. The summed E-state index contributed by atoms with van der Waals surface area (Å²) in [7, 11) is 6.42. The van der Waals surface area contributed by atoms with Gasteiger partial charge >= 0.3 is 0 Å². The first-order valence-corrected chi connectivity index (χ1v) is 9.28. The largest absolute Gasteiger partial charge is 0.504 e. The Labute approximate surface area is 170 Å². The first kappa shape index (κ1) is 19.3. The quantitative estimate of drug-likeness (QED) is 0.566. The fraction of sp³-hybridized carbons (Fsp3) is 0.250. The number of methoxy groups -OCH3 is 3. The van der Waals surface area contributed by atoms with E-state index in [9.17, 15) is 9.90 Å². The van der Waals surface area contributed by atoms with Crippen molar-refractivity contribution in [3.8, 4) is 23.0 Å². The van der Waals surface area contributed by atoms with E-state index in [0.29, 0.717) is 27.2 Å². The second-order valence-corrected chi connectivity index (χ2v) is 7.14. The Morgan fingerprint density at radius 2 is 1.56 bits per heavy atom. The number of hydrogen-bond donors (Lipinski definition) is 1. The molecule has 0 aliphatic carbocycles. The molecule has 1 N–H and O–H groups in total. The number of phenols is 1. The lowest BCUT2D eigenvalue weighted by Crippen LogP contribution is -2.23. The fourth-order valence-electron chi connectivity index (χ4n) is 3.10. The van der Waals surface area contributed by atoms with E-state index >= 15 is 0 Å². The predicted octanol–water partition coefficient (Wildman–Crippen LogP) is 3.47. The maximum atomic E-state index is 12.7. The van der Waals surface area contributed by atoms with Crippen LogP contribution in [-0.4, -0.2) is 31.0 Å². The minimum atomic E-state index is -0.0731. The number of aromatic hydroxyl groups is 1. The van der Waals surface area contributed by atoms with Crippen LogP contribution in [0.4, 0.5) is 0 Å². The Hall–Kier alpha value is -2.42. The van der Waals surface area contributed by atoms with E-state index in [1.165, 1.54) is 7.11 Å². The zero-order valence-electron chi connectivity index (χ0n) is 15.5. The molecule has 0 radical (unpaired) electrons. The highest BCUT2D eigenvalue weighted by Crippen LogP contribution is 2.36. The van der Waals surface area contributed by atoms with Gasteiger partial charge in [0.05, 0.1) is 24.9 Å². The molecule has 0 amide bonds. The Balaban J connectivity index is 2.26. The number of hydrogen-bond acceptors (Lipinski definition) is 5. The lowest BCUT2D eigenvalue weighted by atomic mass is 10.0. The molecule has 0 unspecified atom stereocenters. The summed E-state index contributed by atoms with van der Waals surface area (Å²) in [5.74, 6) is 1.65. The number of benzene rings is 2. The maximum Gasteiger partial charge on any atom is 0.264 e. The number of nitrogens with zero attached hydrogens (tertiary/aromatic N) is 1. The Morgan fingerprint density at radius 3 is 2.15 bits per heavy atom. The minimum absolute atomic E-state index is 0.0731. The highest BCUT2D eigenvalue weighted by Gasteiger charge is 2.17. The van der Waals surface area contributed by atoms with Crippen LogP contribution >= 0.6 is 22.6 Å². The van der Waals surface area contributed by atoms with Gasteiger partial charge in [-0.2, -0.15) is 0 Å². The zero-order valence-corrected chi connectivity index (χ0v) is 17.7. The summed E-state index contributed by atoms with van der Waals surface area (Å²) < 4.78 is 18.3. The monoisotopic (exact) mass is 481 g/mol. The van der Waals surface area contributed by atoms with Crippen LogP contribution in [0.25, 0.3) is 10.8 Å². The van der Waals surface area contributed by atoms with Crippen molar-refractivity contribution in [3.05, 3.63) is 55.5 Å². The highest BCUT2D eigenvalue weighted by atomic mass is 127. The molecule has 0 spiro atoms. The van der Waals surface area contributed by atoms with Crippen LogP contribution in [0.5, 0.6) is 23.0 Å². The summed E-state index contributed by atoms with van der Waals surface area (Å²) in [6, 6.07) is 8.89. The molecule has 6 nitrogen and oxygen atoms in total. The molecule has 0 saturated carbocycles. The van der Waals surface area contributed by atoms with Crippen molar-refractivity contribution >= 4 is 33.4 Å². The summed E-state index contributed by atoms with van der Waals surface area (Å²) in [5.41, 5.74) is 1.68. The topological polar surface area (TPSA) is 69.9 Å². The van der Waals surface area contributed by atoms with E-state index < -0.39 is 0 Å². The van der Waals surface area contributed by atoms with Gasteiger partial charge in [0.1, 0.15) is 0 Å². The summed E-state index contributed by atoms with van der Waals surface area (Å²) in [4.78, 5) is 12.7. The third-order valence-corrected chi connectivity index (χ3v) is 5.63. The van der Waals surface area contributed by atoms with Crippen molar-refractivity contribution < 1.29 is 19.3 Å². The molecule has 0 aliphatic rings. The van der Waals surface area contributed by atoms with Gasteiger partial charge in [-0.05, 0) is 52.4 Å². The summed E-state index contributed by atoms with van der Waals surface area (Å²) in [5, 5.41) is 11.5. The van der Waals surface area contributed by atoms with Crippen molar-refractivity contribution in [1.29, 1.82) is 0 Å². The van der Waals surface area contributed by atoms with Crippen molar-refractivity contribution in [2.45, 2.75) is 6.42 Å². The fourth-order valence-corrected chi connectivity index (χ4v) is 3.91. The van der Waals surface area contributed by atoms with Gasteiger partial charge in [-0.25, -0.2) is 0 Å². The van der Waals surface area contributed by atoms with E-state index in [1.807, 2.05) is 18.2 Å². The third-order valence-electron chi connectivity index (χ3n) is 4.58. The van der Waals surface area contributed by atoms with Gasteiger partial charge in [0.2, 0.25) is 0 Å². The van der Waals surface area contributed by atoms with E-state index in [1.54, 1.807) is 38.0 Å². The van der Waals surface area contributed by atoms with Crippen LogP contribution in [0.1, 0.15) is 11.3 Å². The molecule has 27 heavy (non-hydrogen) atoms. The average molecular weight is 481 g/mol. The molecule has 0 aliphatic heterocycles. The second-order valence-electron chi connectivity index (χ2n) is 6.06. The van der Waals surface area contributed by atoms with Crippen LogP contribution < -0.4 is 19.8 Å². The summed E-state index contributed by atoms with van der Waals surface area (Å²) in [6.07, 6.45) is 0.491. The first-order chi connectivity index (χ1) is 12.9. The molecular weight excluding hydrogens is 461 g/mol. The van der Waals surface area contributed by atoms with E-state index in [2.05, 4.69) is 22.6 Å². The molecule has 1 heterocycles. The van der Waals surface area contributed by atoms with Gasteiger partial charge < -0.3 is 23.9 Å². The molecule has 2 aromatic carbocycles. The van der Waals surface area contributed by atoms with Crippen LogP contribution in [-0.2, 0) is 13.5 Å². The Kier molecular flexibility index (Phi) is 5.50. The SMILES string of the molecule is COc1cc(Cc2c3cc(OC)c(OC)cc3c(I)c(=O)n2C)ccc1O. The third kappa shape index (κ3) is 3.43. The first-order valence-electron chi connectivity index (χ1n) is 8.20. The second kappa shape index (κ2) is 7.67. The van der Waals surface area contributed by atoms with Gasteiger partial charge in [0.25, 0.3) is 5.56 Å². The van der Waals surface area contributed by atoms with E-state index in [0.717, 1.165) is 22.0 Å². The van der Waals surface area contributed by atoms with Crippen molar-refractivity contribution in [2.75, 3.05) is 21.3 Å². The minimum Gasteiger partial charge on any atom is -0.504 e. The molecule has 0 fully saturated rings. The molecular formula is C20H20INO5. The van der Waals surface area contributed by atoms with Crippen molar-refractivity contribution in [3.63, 3.8) is 0 Å². The van der Waals surface area contributed by atoms with E-state index in [4.69, 9.17) is 14.2 Å². The normalized spacial score (nSPS) is 10.9. The van der Waals surface area contributed by atoms with E-state index in [-0.39, 0.29) is 11.3 Å². The Morgan fingerprint density at radius 1 is 0.963 bits per heavy atom. The van der Waals surface area contributed by atoms with Crippen molar-refractivity contribution in [2.24, 2.45) is 7.05 Å². The lowest BCUT2D eigenvalue weighted by molar-refractivity contribution is 0.356. The lowest BCUT2D eigenvalue weighted by Gasteiger charge is -2.17. The molecule has 3 aromatic rings. The van der Waals surface area contributed by atoms with Gasteiger partial charge in [0.15, 0.2) is 23.0 Å². The average Bonchev–Trinajstić information content (AvgIpc) is 2.69. The molecule has 3 rings (SSSR count). The number of pyridine rings is 1. The standard InChI is InChI=1S/C20H20INO5/c1-22-14(7-11-5-6-15(23)16(8-11)25-2)12-9-17(26-3)18(27-4)10-13(12)19(21)20(22)24/h5-6,8-10,23H,7H2,1-4H3. The van der Waals surface area contributed by atoms with Gasteiger partial charge in [-0.1, -0.05) is 6.07 Å². The highest BCUT2D eigenvalue weighted by molar-refractivity contribution is 14.1. The summed E-state index contributed by atoms with van der Waals surface area (Å²) >= 11 is 2.07. The predicted molar refractivity (Wildman–Crippen MR) is 112 cm³/mol. The molecule has 0 bridgehead atoms. The van der Waals surface area contributed by atoms with Gasteiger partial charge in [-0.3, -0.25) is 4.79 Å². The van der Waals surface area contributed by atoms with Gasteiger partial charge in [0, 0.05) is 29.9 Å². The van der Waals surface area contributed by atoms with Gasteiger partial charge in [-0.15, -0.1) is 0 Å². The van der Waals surface area contributed by atoms with Crippen molar-refractivity contribution in [1.82, 2.24) is 4.57 Å². The van der Waals surface area contributed by atoms with Crippen LogP contribution in [0.2, 0.25) is 0 Å². The number of ether oxygens (including phenoxy) is 3. The Bertz CT molecular complexity index is 1070. The molecule has 142 valence electrons. The summed E-state index contributed by atoms with van der Waals surface area (Å²) in [6.45, 7) is 0. The molecule has 0 saturated heterocycles. The number of rotatable bonds is 5.